The van der Waals surface area contributed by atoms with Crippen molar-refractivity contribution < 1.29 is 10.0 Å². The average Bonchev–Trinajstić information content (AvgIpc) is 3.15. The Morgan fingerprint density at radius 2 is 1.96 bits per heavy atom. The Kier molecular flexibility index (Phi) is 3.51. The van der Waals surface area contributed by atoms with Crippen LogP contribution in [0.15, 0.2) is 42.5 Å². The smallest absolute Gasteiger partial charge is 0.274 e. The molecule has 0 aliphatic carbocycles. The fraction of sp³-hybridized carbons (Fsp3) is 0.167. The Morgan fingerprint density at radius 1 is 1.12 bits per heavy atom. The van der Waals surface area contributed by atoms with Gasteiger partial charge in [0.2, 0.25) is 0 Å². The summed E-state index contributed by atoms with van der Waals surface area (Å²) < 4.78 is 4.22. The molecule has 7 nitrogen and oxygen atoms in total. The number of carbonyl (C=O) groups excluding carboxylic acids is 1. The SMILES string of the molecule is Cc1cc2c(ccc3nnc(C)n32)n1Cc1cccc(C(=O)NO)c1. The van der Waals surface area contributed by atoms with Crippen molar-refractivity contribution >= 4 is 22.6 Å². The van der Waals surface area contributed by atoms with E-state index < -0.39 is 5.91 Å². The van der Waals surface area contributed by atoms with Gasteiger partial charge in [-0.05, 0) is 49.7 Å². The zero-order chi connectivity index (χ0) is 17.6. The highest BCUT2D eigenvalue weighted by atomic mass is 16.5. The minimum atomic E-state index is -0.516. The molecule has 7 heteroatoms. The van der Waals surface area contributed by atoms with Crippen LogP contribution in [0.1, 0.15) is 27.4 Å². The Labute approximate surface area is 143 Å². The van der Waals surface area contributed by atoms with Crippen molar-refractivity contribution in [2.24, 2.45) is 0 Å². The topological polar surface area (TPSA) is 84.5 Å². The average molecular weight is 335 g/mol. The second kappa shape index (κ2) is 5.71. The van der Waals surface area contributed by atoms with E-state index >= 15 is 0 Å². The predicted molar refractivity (Wildman–Crippen MR) is 92.8 cm³/mol. The lowest BCUT2D eigenvalue weighted by atomic mass is 10.1. The van der Waals surface area contributed by atoms with E-state index in [0.717, 1.165) is 33.8 Å². The van der Waals surface area contributed by atoms with Crippen molar-refractivity contribution in [3.05, 3.63) is 65.1 Å². The third-order valence-corrected chi connectivity index (χ3v) is 4.44. The molecule has 4 aromatic rings. The zero-order valence-corrected chi connectivity index (χ0v) is 13.9. The molecule has 0 spiro atoms. The van der Waals surface area contributed by atoms with Crippen molar-refractivity contribution in [1.82, 2.24) is 24.6 Å². The van der Waals surface area contributed by atoms with Gasteiger partial charge in [0, 0.05) is 17.8 Å². The van der Waals surface area contributed by atoms with Crippen LogP contribution in [0.3, 0.4) is 0 Å². The molecule has 2 N–H and O–H groups in total. The van der Waals surface area contributed by atoms with Gasteiger partial charge >= 0.3 is 0 Å². The maximum absolute atomic E-state index is 11.6. The van der Waals surface area contributed by atoms with Gasteiger partial charge in [-0.15, -0.1) is 10.2 Å². The predicted octanol–water partition coefficient (Wildman–Crippen LogP) is 2.47. The molecule has 1 amide bonds. The highest BCUT2D eigenvalue weighted by Gasteiger charge is 2.12. The third-order valence-electron chi connectivity index (χ3n) is 4.44. The van der Waals surface area contributed by atoms with Crippen molar-refractivity contribution in [3.63, 3.8) is 0 Å². The lowest BCUT2D eigenvalue weighted by molar-refractivity contribution is 0.0706. The Balaban J connectivity index is 1.82. The summed E-state index contributed by atoms with van der Waals surface area (Å²) in [5, 5.41) is 17.1. The number of fused-ring (bicyclic) bond motifs is 3. The van der Waals surface area contributed by atoms with Crippen LogP contribution >= 0.6 is 0 Å². The molecule has 0 bridgehead atoms. The molecule has 0 saturated heterocycles. The molecule has 4 rings (SSSR count). The van der Waals surface area contributed by atoms with Gasteiger partial charge in [-0.1, -0.05) is 12.1 Å². The third kappa shape index (κ3) is 2.45. The molecule has 0 fully saturated rings. The van der Waals surface area contributed by atoms with Crippen molar-refractivity contribution in [1.29, 1.82) is 0 Å². The monoisotopic (exact) mass is 335 g/mol. The van der Waals surface area contributed by atoms with Crippen LogP contribution in [0.5, 0.6) is 0 Å². The molecule has 0 atom stereocenters. The first-order valence-corrected chi connectivity index (χ1v) is 7.92. The summed E-state index contributed by atoms with van der Waals surface area (Å²) in [6.07, 6.45) is 0. The van der Waals surface area contributed by atoms with E-state index in [1.54, 1.807) is 17.6 Å². The van der Waals surface area contributed by atoms with Gasteiger partial charge in [-0.2, -0.15) is 0 Å². The number of rotatable bonds is 3. The number of aryl methyl sites for hydroxylation is 2. The van der Waals surface area contributed by atoms with Crippen LogP contribution in [-0.2, 0) is 6.54 Å². The molecule has 126 valence electrons. The number of nitrogens with zero attached hydrogens (tertiary/aromatic N) is 4. The van der Waals surface area contributed by atoms with Gasteiger partial charge in [-0.3, -0.25) is 14.4 Å². The summed E-state index contributed by atoms with van der Waals surface area (Å²) in [5.41, 5.74) is 7.12. The van der Waals surface area contributed by atoms with Gasteiger partial charge in [0.15, 0.2) is 5.65 Å². The van der Waals surface area contributed by atoms with Gasteiger partial charge in [-0.25, -0.2) is 5.48 Å². The quantitative estimate of drug-likeness (QED) is 0.445. The summed E-state index contributed by atoms with van der Waals surface area (Å²) in [7, 11) is 0. The van der Waals surface area contributed by atoms with Crippen molar-refractivity contribution in [2.75, 3.05) is 0 Å². The molecule has 0 saturated carbocycles. The molecule has 25 heavy (non-hydrogen) atoms. The number of nitrogens with one attached hydrogen (secondary N) is 1. The van der Waals surface area contributed by atoms with Crippen LogP contribution in [0.4, 0.5) is 0 Å². The first-order chi connectivity index (χ1) is 12.1. The fourth-order valence-corrected chi connectivity index (χ4v) is 3.24. The van der Waals surface area contributed by atoms with E-state index in [4.69, 9.17) is 5.21 Å². The summed E-state index contributed by atoms with van der Waals surface area (Å²) in [4.78, 5) is 11.6. The number of aromatic nitrogens is 4. The number of carbonyl (C=O) groups is 1. The van der Waals surface area contributed by atoms with E-state index in [2.05, 4.69) is 27.8 Å². The maximum atomic E-state index is 11.6. The Hall–Kier alpha value is -3.19. The fourth-order valence-electron chi connectivity index (χ4n) is 3.24. The summed E-state index contributed by atoms with van der Waals surface area (Å²) >= 11 is 0. The second-order valence-electron chi connectivity index (χ2n) is 6.06. The molecule has 0 unspecified atom stereocenters. The molecule has 0 aliphatic heterocycles. The molecule has 3 aromatic heterocycles. The highest BCUT2D eigenvalue weighted by Crippen LogP contribution is 2.23. The highest BCUT2D eigenvalue weighted by molar-refractivity contribution is 5.93. The maximum Gasteiger partial charge on any atom is 0.274 e. The summed E-state index contributed by atoms with van der Waals surface area (Å²) in [5.74, 6) is 0.331. The molecule has 3 heterocycles. The Morgan fingerprint density at radius 3 is 2.76 bits per heavy atom. The van der Waals surface area contributed by atoms with E-state index in [-0.39, 0.29) is 0 Å². The van der Waals surface area contributed by atoms with Gasteiger partial charge in [0.05, 0.1) is 11.0 Å². The van der Waals surface area contributed by atoms with Crippen molar-refractivity contribution in [2.45, 2.75) is 20.4 Å². The standard InChI is InChI=1S/C18H17N5O2/c1-11-8-16-15(6-7-17-20-19-12(2)23(16)17)22(11)10-13-4-3-5-14(9-13)18(24)21-25/h3-9,25H,10H2,1-2H3,(H,21,24). The van der Waals surface area contributed by atoms with Gasteiger partial charge < -0.3 is 4.57 Å². The minimum absolute atomic E-state index is 0.422. The van der Waals surface area contributed by atoms with E-state index in [9.17, 15) is 4.79 Å². The van der Waals surface area contributed by atoms with E-state index in [1.807, 2.05) is 35.6 Å². The van der Waals surface area contributed by atoms with Crippen LogP contribution in [-0.4, -0.2) is 30.3 Å². The lowest BCUT2D eigenvalue weighted by Crippen LogP contribution is -2.18. The van der Waals surface area contributed by atoms with E-state index in [1.165, 1.54) is 0 Å². The molecular weight excluding hydrogens is 318 g/mol. The zero-order valence-electron chi connectivity index (χ0n) is 13.9. The van der Waals surface area contributed by atoms with Crippen molar-refractivity contribution in [3.8, 4) is 0 Å². The van der Waals surface area contributed by atoms with Gasteiger partial charge in [0.25, 0.3) is 5.91 Å². The van der Waals surface area contributed by atoms with Crippen LogP contribution in [0.25, 0.3) is 16.7 Å². The molecular formula is C18H17N5O2. The summed E-state index contributed by atoms with van der Waals surface area (Å²) in [6.45, 7) is 4.60. The number of benzene rings is 1. The molecule has 0 aliphatic rings. The number of hydrogen-bond acceptors (Lipinski definition) is 4. The van der Waals surface area contributed by atoms with Crippen LogP contribution in [0.2, 0.25) is 0 Å². The Bertz CT molecular complexity index is 1110. The normalized spacial score (nSPS) is 11.3. The largest absolute Gasteiger partial charge is 0.339 e. The number of pyridine rings is 1. The number of hydroxylamine groups is 1. The lowest BCUT2D eigenvalue weighted by Gasteiger charge is -2.10. The van der Waals surface area contributed by atoms with Gasteiger partial charge in [0.1, 0.15) is 5.82 Å². The van der Waals surface area contributed by atoms with Crippen LogP contribution in [0, 0.1) is 13.8 Å². The first kappa shape index (κ1) is 15.3. The molecule has 0 radical (unpaired) electrons. The van der Waals surface area contributed by atoms with Crippen LogP contribution < -0.4 is 5.48 Å². The second-order valence-corrected chi connectivity index (χ2v) is 6.06. The minimum Gasteiger partial charge on any atom is -0.339 e. The first-order valence-electron chi connectivity index (χ1n) is 7.92. The summed E-state index contributed by atoms with van der Waals surface area (Å²) in [6, 6.07) is 13.3. The number of amides is 1. The number of hydrogen-bond donors (Lipinski definition) is 2. The molecule has 1 aromatic carbocycles. The van der Waals surface area contributed by atoms with E-state index in [0.29, 0.717) is 12.1 Å².